The lowest BCUT2D eigenvalue weighted by atomic mass is 10.2. The molecule has 0 radical (unpaired) electrons. The summed E-state index contributed by atoms with van der Waals surface area (Å²) >= 11 is 0. The van der Waals surface area contributed by atoms with Crippen molar-refractivity contribution in [2.75, 3.05) is 0 Å². The highest BCUT2D eigenvalue weighted by molar-refractivity contribution is 5.83. The van der Waals surface area contributed by atoms with E-state index in [1.54, 1.807) is 18.2 Å². The molecule has 0 amide bonds. The van der Waals surface area contributed by atoms with Crippen LogP contribution < -0.4 is 0 Å². The second-order valence-electron chi connectivity index (χ2n) is 3.43. The lowest BCUT2D eigenvalue weighted by molar-refractivity contribution is 0.476. The van der Waals surface area contributed by atoms with Gasteiger partial charge in [-0.2, -0.15) is 0 Å². The Hall–Kier alpha value is -2.16. The average molecular weight is 199 g/mol. The highest BCUT2D eigenvalue weighted by Gasteiger charge is 2.06. The largest absolute Gasteiger partial charge is 0.508 e. The second-order valence-corrected chi connectivity index (χ2v) is 3.43. The zero-order valence-corrected chi connectivity index (χ0v) is 7.90. The third-order valence-electron chi connectivity index (χ3n) is 2.38. The lowest BCUT2D eigenvalue weighted by Crippen LogP contribution is -1.63. The number of hydrogen-bond donors (Lipinski definition) is 2. The van der Waals surface area contributed by atoms with Crippen molar-refractivity contribution in [3.63, 3.8) is 0 Å². The predicted molar refractivity (Wildman–Crippen MR) is 57.7 cm³/mol. The summed E-state index contributed by atoms with van der Waals surface area (Å²) in [6.45, 7) is 0. The molecular formula is C12H9NO2. The molecule has 0 saturated heterocycles. The topological polar surface area (TPSA) is 49.2 Å². The fraction of sp³-hybridized carbons (Fsp3) is 0. The van der Waals surface area contributed by atoms with Gasteiger partial charge in [-0.15, -0.1) is 0 Å². The molecule has 0 spiro atoms. The SMILES string of the molecule is Oc1ccc2oc(-c3cc[nH]c3)cc2c1. The minimum Gasteiger partial charge on any atom is -0.508 e. The Labute approximate surface area is 86.0 Å². The van der Waals surface area contributed by atoms with Gasteiger partial charge in [0.15, 0.2) is 0 Å². The first-order valence-electron chi connectivity index (χ1n) is 4.69. The van der Waals surface area contributed by atoms with Crippen LogP contribution in [0.4, 0.5) is 0 Å². The third-order valence-corrected chi connectivity index (χ3v) is 2.38. The van der Waals surface area contributed by atoms with Crippen LogP contribution in [0.2, 0.25) is 0 Å². The Morgan fingerprint density at radius 2 is 2.07 bits per heavy atom. The number of nitrogens with one attached hydrogen (secondary N) is 1. The fourth-order valence-electron chi connectivity index (χ4n) is 1.65. The summed E-state index contributed by atoms with van der Waals surface area (Å²) < 4.78 is 5.64. The van der Waals surface area contributed by atoms with Crippen molar-refractivity contribution in [3.05, 3.63) is 42.7 Å². The number of phenolic OH excluding ortho intramolecular Hbond substituents is 1. The molecular weight excluding hydrogens is 190 g/mol. The van der Waals surface area contributed by atoms with Crippen LogP contribution in [0, 0.1) is 0 Å². The van der Waals surface area contributed by atoms with E-state index >= 15 is 0 Å². The summed E-state index contributed by atoms with van der Waals surface area (Å²) in [5, 5.41) is 10.2. The molecule has 0 saturated carbocycles. The lowest BCUT2D eigenvalue weighted by Gasteiger charge is -1.89. The zero-order valence-electron chi connectivity index (χ0n) is 7.90. The molecule has 0 aliphatic rings. The first-order valence-corrected chi connectivity index (χ1v) is 4.69. The quantitative estimate of drug-likeness (QED) is 0.632. The van der Waals surface area contributed by atoms with Crippen LogP contribution in [0.25, 0.3) is 22.3 Å². The Morgan fingerprint density at radius 1 is 1.13 bits per heavy atom. The van der Waals surface area contributed by atoms with E-state index in [1.165, 1.54) is 0 Å². The summed E-state index contributed by atoms with van der Waals surface area (Å²) in [5.74, 6) is 1.06. The number of hydrogen-bond acceptors (Lipinski definition) is 2. The summed E-state index contributed by atoms with van der Waals surface area (Å²) in [6, 6.07) is 8.93. The van der Waals surface area contributed by atoms with Gasteiger partial charge in [-0.1, -0.05) is 0 Å². The number of rotatable bonds is 1. The monoisotopic (exact) mass is 199 g/mol. The first kappa shape index (κ1) is 8.17. The van der Waals surface area contributed by atoms with Gasteiger partial charge in [0.05, 0.1) is 0 Å². The van der Waals surface area contributed by atoms with Crippen molar-refractivity contribution in [1.29, 1.82) is 0 Å². The van der Waals surface area contributed by atoms with Gasteiger partial charge in [-0.25, -0.2) is 0 Å². The van der Waals surface area contributed by atoms with E-state index < -0.39 is 0 Å². The maximum absolute atomic E-state index is 9.32. The maximum Gasteiger partial charge on any atom is 0.136 e. The molecule has 15 heavy (non-hydrogen) atoms. The molecule has 0 aliphatic carbocycles. The Balaban J connectivity index is 2.22. The van der Waals surface area contributed by atoms with Gasteiger partial charge < -0.3 is 14.5 Å². The van der Waals surface area contributed by atoms with Gasteiger partial charge in [0.25, 0.3) is 0 Å². The van der Waals surface area contributed by atoms with Crippen LogP contribution >= 0.6 is 0 Å². The molecule has 0 unspecified atom stereocenters. The van der Waals surface area contributed by atoms with Crippen LogP contribution in [0.1, 0.15) is 0 Å². The number of H-pyrrole nitrogens is 1. The Morgan fingerprint density at radius 3 is 2.87 bits per heavy atom. The highest BCUT2D eigenvalue weighted by atomic mass is 16.3. The van der Waals surface area contributed by atoms with Gasteiger partial charge in [0.2, 0.25) is 0 Å². The van der Waals surface area contributed by atoms with Crippen molar-refractivity contribution in [1.82, 2.24) is 4.98 Å². The number of furan rings is 1. The predicted octanol–water partition coefficient (Wildman–Crippen LogP) is 3.13. The van der Waals surface area contributed by atoms with Crippen molar-refractivity contribution < 1.29 is 9.52 Å². The van der Waals surface area contributed by atoms with Gasteiger partial charge in [-0.05, 0) is 30.3 Å². The van der Waals surface area contributed by atoms with Crippen molar-refractivity contribution >= 4 is 11.0 Å². The Bertz CT molecular complexity index is 593. The van der Waals surface area contributed by atoms with E-state index in [4.69, 9.17) is 4.42 Å². The maximum atomic E-state index is 9.32. The fourth-order valence-corrected chi connectivity index (χ4v) is 1.65. The van der Waals surface area contributed by atoms with Gasteiger partial charge in [-0.3, -0.25) is 0 Å². The van der Waals surface area contributed by atoms with Gasteiger partial charge >= 0.3 is 0 Å². The van der Waals surface area contributed by atoms with E-state index in [2.05, 4.69) is 4.98 Å². The molecule has 0 aliphatic heterocycles. The number of phenols is 1. The smallest absolute Gasteiger partial charge is 0.136 e. The van der Waals surface area contributed by atoms with E-state index in [9.17, 15) is 5.11 Å². The molecule has 3 heteroatoms. The second kappa shape index (κ2) is 2.92. The third kappa shape index (κ3) is 1.29. The molecule has 0 fully saturated rings. The van der Waals surface area contributed by atoms with Gasteiger partial charge in [0, 0.05) is 23.3 Å². The van der Waals surface area contributed by atoms with E-state index in [1.807, 2.05) is 24.5 Å². The van der Waals surface area contributed by atoms with Crippen molar-refractivity contribution in [2.24, 2.45) is 0 Å². The molecule has 3 aromatic rings. The normalized spacial score (nSPS) is 10.9. The zero-order chi connectivity index (χ0) is 10.3. The average Bonchev–Trinajstić information content (AvgIpc) is 2.84. The van der Waals surface area contributed by atoms with E-state index in [-0.39, 0.29) is 5.75 Å². The minimum atomic E-state index is 0.254. The van der Waals surface area contributed by atoms with Crippen LogP contribution in [0.15, 0.2) is 47.1 Å². The van der Waals surface area contributed by atoms with Crippen LogP contribution in [0.5, 0.6) is 5.75 Å². The van der Waals surface area contributed by atoms with Crippen LogP contribution in [0.3, 0.4) is 0 Å². The molecule has 1 aromatic carbocycles. The standard InChI is InChI=1S/C12H9NO2/c14-10-1-2-11-9(5-10)6-12(15-11)8-3-4-13-7-8/h1-7,13-14H. The first-order chi connectivity index (χ1) is 7.33. The molecule has 3 rings (SSSR count). The van der Waals surface area contributed by atoms with E-state index in [0.717, 1.165) is 22.3 Å². The summed E-state index contributed by atoms with van der Waals surface area (Å²) in [7, 11) is 0. The van der Waals surface area contributed by atoms with E-state index in [0.29, 0.717) is 0 Å². The van der Waals surface area contributed by atoms with Crippen molar-refractivity contribution in [3.8, 4) is 17.1 Å². The summed E-state index contributed by atoms with van der Waals surface area (Å²) in [5.41, 5.74) is 1.79. The number of benzene rings is 1. The number of fused-ring (bicyclic) bond motifs is 1. The summed E-state index contributed by atoms with van der Waals surface area (Å²) in [4.78, 5) is 2.97. The molecule has 74 valence electrons. The van der Waals surface area contributed by atoms with Crippen LogP contribution in [-0.2, 0) is 0 Å². The molecule has 2 aromatic heterocycles. The summed E-state index contributed by atoms with van der Waals surface area (Å²) in [6.07, 6.45) is 3.72. The minimum absolute atomic E-state index is 0.254. The molecule has 2 heterocycles. The van der Waals surface area contributed by atoms with Crippen molar-refractivity contribution in [2.45, 2.75) is 0 Å². The number of aromatic hydroxyl groups is 1. The Kier molecular flexibility index (Phi) is 1.59. The number of aromatic amines is 1. The van der Waals surface area contributed by atoms with Crippen LogP contribution in [-0.4, -0.2) is 10.1 Å². The van der Waals surface area contributed by atoms with Gasteiger partial charge in [0.1, 0.15) is 17.1 Å². The molecule has 0 atom stereocenters. The number of aromatic nitrogens is 1. The molecule has 2 N–H and O–H groups in total. The molecule has 0 bridgehead atoms. The highest BCUT2D eigenvalue weighted by Crippen LogP contribution is 2.29. The molecule has 3 nitrogen and oxygen atoms in total.